The highest BCUT2D eigenvalue weighted by Crippen LogP contribution is 2.66. The maximum atomic E-state index is 2.53. The van der Waals surface area contributed by atoms with E-state index in [9.17, 15) is 0 Å². The highest BCUT2D eigenvalue weighted by Gasteiger charge is 2.57. The van der Waals surface area contributed by atoms with E-state index in [-0.39, 0.29) is 5.41 Å². The molecule has 0 N–H and O–H groups in total. The van der Waals surface area contributed by atoms with Crippen molar-refractivity contribution in [3.8, 4) is 27.9 Å². The Kier molecular flexibility index (Phi) is 9.00. The Hall–Kier alpha value is -8.72. The van der Waals surface area contributed by atoms with Crippen LogP contribution in [0.3, 0.4) is 0 Å². The second-order valence-corrected chi connectivity index (χ2v) is 21.0. The molecule has 11 aromatic rings. The molecule has 2 nitrogen and oxygen atoms in total. The number of nitrogens with zero attached hydrogens (tertiary/aromatic N) is 2. The van der Waals surface area contributed by atoms with E-state index in [1.807, 2.05) is 0 Å². The van der Waals surface area contributed by atoms with Crippen LogP contribution in [0.15, 0.2) is 249 Å². The minimum atomic E-state index is -0.690. The quantitative estimate of drug-likeness (QED) is 0.155. The van der Waals surface area contributed by atoms with Crippen molar-refractivity contribution >= 4 is 34.0 Å². The lowest BCUT2D eigenvalue weighted by molar-refractivity contribution is 0.627. The molecule has 0 aliphatic heterocycles. The van der Waals surface area contributed by atoms with Crippen molar-refractivity contribution in [2.75, 3.05) is 4.90 Å². The zero-order valence-electron chi connectivity index (χ0n) is 41.1. The summed E-state index contributed by atoms with van der Waals surface area (Å²) in [6.45, 7) is 4.78. The van der Waals surface area contributed by atoms with Crippen LogP contribution in [0.25, 0.3) is 44.9 Å². The van der Waals surface area contributed by atoms with Gasteiger partial charge in [0, 0.05) is 39.2 Å². The van der Waals surface area contributed by atoms with Crippen molar-refractivity contribution < 1.29 is 0 Å². The van der Waals surface area contributed by atoms with E-state index in [1.165, 1.54) is 106 Å². The zero-order valence-corrected chi connectivity index (χ0v) is 41.1. The van der Waals surface area contributed by atoms with Crippen molar-refractivity contribution in [3.63, 3.8) is 0 Å². The number of hydrogen-bond donors (Lipinski definition) is 0. The summed E-state index contributed by atoms with van der Waals surface area (Å²) >= 11 is 0. The Morgan fingerprint density at radius 3 is 1.68 bits per heavy atom. The summed E-state index contributed by atoms with van der Waals surface area (Å²) in [7, 11) is 0. The largest absolute Gasteiger partial charge is 0.310 e. The third-order valence-corrected chi connectivity index (χ3v) is 17.2. The van der Waals surface area contributed by atoms with Gasteiger partial charge in [0.25, 0.3) is 0 Å². The summed E-state index contributed by atoms with van der Waals surface area (Å²) in [6, 6.07) is 92.1. The van der Waals surface area contributed by atoms with Crippen LogP contribution in [0.1, 0.15) is 87.2 Å². The molecule has 4 aliphatic rings. The molecule has 0 bridgehead atoms. The summed E-state index contributed by atoms with van der Waals surface area (Å²) in [5.74, 6) is 0. The number of benzene rings is 10. The molecule has 2 unspecified atom stereocenters. The van der Waals surface area contributed by atoms with Gasteiger partial charge in [0.05, 0.1) is 16.3 Å². The lowest BCUT2D eigenvalue weighted by Crippen LogP contribution is -2.44. The van der Waals surface area contributed by atoms with Gasteiger partial charge in [-0.25, -0.2) is 0 Å². The molecular weight excluding hydrogens is 881 g/mol. The van der Waals surface area contributed by atoms with Crippen molar-refractivity contribution in [2.24, 2.45) is 0 Å². The zero-order chi connectivity index (χ0) is 48.5. The number of aryl methyl sites for hydroxylation is 1. The van der Waals surface area contributed by atoms with Crippen LogP contribution in [0.5, 0.6) is 0 Å². The number of anilines is 3. The maximum absolute atomic E-state index is 2.53. The van der Waals surface area contributed by atoms with Crippen LogP contribution < -0.4 is 4.90 Å². The molecule has 0 saturated carbocycles. The van der Waals surface area contributed by atoms with E-state index >= 15 is 0 Å². The second kappa shape index (κ2) is 15.6. The molecule has 1 aromatic heterocycles. The van der Waals surface area contributed by atoms with E-state index in [2.05, 4.69) is 278 Å². The first-order chi connectivity index (χ1) is 36.0. The normalized spacial score (nSPS) is 18.1. The molecule has 0 spiro atoms. The molecule has 73 heavy (non-hydrogen) atoms. The molecule has 346 valence electrons. The van der Waals surface area contributed by atoms with Crippen LogP contribution in [-0.4, -0.2) is 4.57 Å². The summed E-state index contributed by atoms with van der Waals surface area (Å²) in [5.41, 5.74) is 25.4. The fourth-order valence-corrected chi connectivity index (χ4v) is 14.2. The average Bonchev–Trinajstić information content (AvgIpc) is 4.04. The Morgan fingerprint density at radius 1 is 0.397 bits per heavy atom. The van der Waals surface area contributed by atoms with Crippen LogP contribution in [0, 0.1) is 0 Å². The number of para-hydroxylation sites is 1. The van der Waals surface area contributed by atoms with Gasteiger partial charge in [-0.3, -0.25) is 0 Å². The Bertz CT molecular complexity index is 4060. The number of hydrogen-bond acceptors (Lipinski definition) is 1. The predicted molar refractivity (Wildman–Crippen MR) is 302 cm³/mol. The van der Waals surface area contributed by atoms with Crippen LogP contribution in [0.2, 0.25) is 0 Å². The van der Waals surface area contributed by atoms with E-state index in [0.717, 1.165) is 29.9 Å². The summed E-state index contributed by atoms with van der Waals surface area (Å²) in [4.78, 5) is 2.53. The molecule has 0 amide bonds. The van der Waals surface area contributed by atoms with E-state index in [0.29, 0.717) is 0 Å². The van der Waals surface area contributed by atoms with Crippen molar-refractivity contribution in [2.45, 2.75) is 42.9 Å². The number of aromatic nitrogens is 1. The fourth-order valence-electron chi connectivity index (χ4n) is 14.2. The molecule has 15 rings (SSSR count). The summed E-state index contributed by atoms with van der Waals surface area (Å²) in [6.07, 6.45) is 6.74. The molecule has 2 heteroatoms. The van der Waals surface area contributed by atoms with Gasteiger partial charge in [-0.05, 0) is 151 Å². The van der Waals surface area contributed by atoms with Crippen molar-refractivity contribution in [1.82, 2.24) is 4.57 Å². The van der Waals surface area contributed by atoms with Crippen molar-refractivity contribution in [1.29, 1.82) is 0 Å². The topological polar surface area (TPSA) is 8.17 Å². The second-order valence-electron chi connectivity index (χ2n) is 21.0. The van der Waals surface area contributed by atoms with Gasteiger partial charge in [0.2, 0.25) is 0 Å². The van der Waals surface area contributed by atoms with E-state index < -0.39 is 10.8 Å². The van der Waals surface area contributed by atoms with E-state index in [4.69, 9.17) is 0 Å². The molecule has 0 saturated heterocycles. The van der Waals surface area contributed by atoms with E-state index in [1.54, 1.807) is 0 Å². The minimum Gasteiger partial charge on any atom is -0.310 e. The number of fused-ring (bicyclic) bond motifs is 11. The third-order valence-electron chi connectivity index (χ3n) is 17.2. The first-order valence-electron chi connectivity index (χ1n) is 26.0. The molecule has 10 aromatic carbocycles. The third kappa shape index (κ3) is 5.64. The minimum absolute atomic E-state index is 0.174. The highest BCUT2D eigenvalue weighted by atomic mass is 15.1. The number of rotatable bonds is 7. The first-order valence-corrected chi connectivity index (χ1v) is 26.0. The lowest BCUT2D eigenvalue weighted by atomic mass is 9.51. The Morgan fingerprint density at radius 2 is 0.932 bits per heavy atom. The molecule has 0 fully saturated rings. The van der Waals surface area contributed by atoms with Gasteiger partial charge in [-0.2, -0.15) is 0 Å². The lowest BCUT2D eigenvalue weighted by Gasteiger charge is -2.49. The van der Waals surface area contributed by atoms with Crippen molar-refractivity contribution in [3.05, 3.63) is 316 Å². The molecule has 0 radical (unpaired) electrons. The number of allylic oxidation sites excluding steroid dienone is 1. The Balaban J connectivity index is 1.02. The van der Waals surface area contributed by atoms with Gasteiger partial charge >= 0.3 is 0 Å². The monoisotopic (exact) mass is 932 g/mol. The van der Waals surface area contributed by atoms with Crippen LogP contribution >= 0.6 is 0 Å². The Labute approximate surface area is 427 Å². The van der Waals surface area contributed by atoms with Gasteiger partial charge in [0.1, 0.15) is 0 Å². The van der Waals surface area contributed by atoms with Gasteiger partial charge in [-0.15, -0.1) is 0 Å². The maximum Gasteiger partial charge on any atom is 0.0720 e. The van der Waals surface area contributed by atoms with Gasteiger partial charge in [-0.1, -0.05) is 214 Å². The highest BCUT2D eigenvalue weighted by molar-refractivity contribution is 5.96. The SMILES string of the molecule is CC1(C)c2ccccc2-c2ccc(N(c3cccc(C4(c5ccccc5)c5ccccc5C5(c6ccccc6)c6ccccc6-c6cccc4c65)c3)c3ccc4c5c(n(-c6ccccc6)c4c3)C=CCC5)cc21. The standard InChI is InChI=1S/C71H52N2/c1-69(2)60-34-15-12-30-54(60)56-42-40-52(45-65(56)69)72(53-41-43-58-57-32-14-19-39-66(57)73(67(58)46-53)50-27-10-5-11-28-50)51-29-20-26-49(44-51)70(47-22-6-3-7-23-47)62-36-17-18-37-63(62)71(48-24-8-4-9-25-48)61-35-16-13-31-55(61)59-33-21-38-64(70)68(59)71/h3-13,15-31,33-46H,14,32H2,1-2H3. The average molecular weight is 933 g/mol. The summed E-state index contributed by atoms with van der Waals surface area (Å²) < 4.78 is 2.48. The predicted octanol–water partition coefficient (Wildman–Crippen LogP) is 17.4. The molecule has 4 aliphatic carbocycles. The van der Waals surface area contributed by atoms with Gasteiger partial charge in [0.15, 0.2) is 0 Å². The smallest absolute Gasteiger partial charge is 0.0720 e. The van der Waals surface area contributed by atoms with Crippen LogP contribution in [-0.2, 0) is 22.7 Å². The summed E-state index contributed by atoms with van der Waals surface area (Å²) in [5, 5.41) is 1.31. The molecule has 2 atom stereocenters. The van der Waals surface area contributed by atoms with Gasteiger partial charge < -0.3 is 9.47 Å². The fraction of sp³-hybridized carbons (Fsp3) is 0.0986. The molecular formula is C71H52N2. The van der Waals surface area contributed by atoms with Crippen LogP contribution in [0.4, 0.5) is 17.1 Å². The first kappa shape index (κ1) is 42.0. The molecule has 1 heterocycles.